The van der Waals surface area contributed by atoms with Gasteiger partial charge in [-0.3, -0.25) is 5.32 Å². The highest BCUT2D eigenvalue weighted by atomic mass is 16.5. The van der Waals surface area contributed by atoms with Gasteiger partial charge < -0.3 is 15.6 Å². The number of hydrogen-bond donors (Lipinski definition) is 3. The van der Waals surface area contributed by atoms with E-state index in [4.69, 9.17) is 10.5 Å². The number of carbonyl (C=O) groups is 1. The summed E-state index contributed by atoms with van der Waals surface area (Å²) in [7, 11) is 0. The Morgan fingerprint density at radius 1 is 1.04 bits per heavy atom. The topological polar surface area (TPSA) is 84.6 Å². The first-order chi connectivity index (χ1) is 12.1. The monoisotopic (exact) mass is 346 g/mol. The minimum absolute atomic E-state index is 0.0764. The van der Waals surface area contributed by atoms with E-state index in [0.29, 0.717) is 12.1 Å². The van der Waals surface area contributed by atoms with Crippen LogP contribution < -0.4 is 11.1 Å². The van der Waals surface area contributed by atoms with Gasteiger partial charge in [0.1, 0.15) is 12.4 Å². The van der Waals surface area contributed by atoms with Gasteiger partial charge in [0.15, 0.2) is 0 Å². The largest absolute Gasteiger partial charge is 0.508 e. The number of phenols is 1. The number of rotatable bonds is 5. The molecule has 2 rings (SSSR count). The van der Waals surface area contributed by atoms with Gasteiger partial charge in [-0.2, -0.15) is 0 Å². The first-order valence-corrected chi connectivity index (χ1v) is 8.66. The molecule has 0 saturated heterocycles. The van der Waals surface area contributed by atoms with Crippen LogP contribution in [0.1, 0.15) is 33.3 Å². The van der Waals surface area contributed by atoms with E-state index < -0.39 is 6.09 Å². The molecule has 0 spiro atoms. The van der Waals surface area contributed by atoms with E-state index in [1.807, 2.05) is 52.0 Å². The Hall–Kier alpha value is -2.53. The average molecular weight is 346 g/mol. The van der Waals surface area contributed by atoms with E-state index in [1.54, 1.807) is 30.3 Å². The highest BCUT2D eigenvalue weighted by Crippen LogP contribution is 2.17. The molecule has 0 heterocycles. The third kappa shape index (κ3) is 9.37. The highest BCUT2D eigenvalue weighted by molar-refractivity contribution is 5.84. The maximum Gasteiger partial charge on any atom is 0.411 e. The van der Waals surface area contributed by atoms with E-state index in [2.05, 4.69) is 5.32 Å². The van der Waals surface area contributed by atoms with Crippen molar-refractivity contribution < 1.29 is 14.6 Å². The van der Waals surface area contributed by atoms with E-state index >= 15 is 0 Å². The van der Waals surface area contributed by atoms with Crippen molar-refractivity contribution >= 4 is 11.8 Å². The Morgan fingerprint density at radius 2 is 1.60 bits per heavy atom. The lowest BCUT2D eigenvalue weighted by atomic mass is 10.1. The molecule has 2 aromatic rings. The van der Waals surface area contributed by atoms with Crippen molar-refractivity contribution in [1.82, 2.24) is 0 Å². The summed E-state index contributed by atoms with van der Waals surface area (Å²) in [5, 5.41) is 12.3. The minimum Gasteiger partial charge on any atom is -0.508 e. The molecule has 0 aliphatic heterocycles. The number of carbonyl (C=O) groups excluding carboxylic acids is 1. The minimum atomic E-state index is -0.547. The van der Waals surface area contributed by atoms with Crippen LogP contribution in [0.2, 0.25) is 0 Å². The Morgan fingerprint density at radius 3 is 2.20 bits per heavy atom. The lowest BCUT2D eigenvalue weighted by Gasteiger charge is -2.13. The van der Waals surface area contributed by atoms with Crippen molar-refractivity contribution in [1.29, 1.82) is 0 Å². The molecular weight excluding hydrogens is 316 g/mol. The van der Waals surface area contributed by atoms with Gasteiger partial charge in [0, 0.05) is 11.7 Å². The van der Waals surface area contributed by atoms with Gasteiger partial charge >= 0.3 is 6.09 Å². The first-order valence-electron chi connectivity index (χ1n) is 8.66. The Labute approximate surface area is 150 Å². The third-order valence-corrected chi connectivity index (χ3v) is 2.92. The molecule has 2 aromatic carbocycles. The normalized spacial score (nSPS) is 10.3. The van der Waals surface area contributed by atoms with Crippen molar-refractivity contribution in [2.24, 2.45) is 5.73 Å². The van der Waals surface area contributed by atoms with Crippen molar-refractivity contribution in [3.63, 3.8) is 0 Å². The van der Waals surface area contributed by atoms with E-state index in [9.17, 15) is 9.90 Å². The third-order valence-electron chi connectivity index (χ3n) is 2.92. The summed E-state index contributed by atoms with van der Waals surface area (Å²) in [6, 6.07) is 15.6. The van der Waals surface area contributed by atoms with Gasteiger partial charge in [0.05, 0.1) is 0 Å². The van der Waals surface area contributed by atoms with Crippen LogP contribution in [0.4, 0.5) is 10.5 Å². The smallest absolute Gasteiger partial charge is 0.411 e. The maximum atomic E-state index is 11.6. The van der Waals surface area contributed by atoms with Gasteiger partial charge in [-0.25, -0.2) is 4.79 Å². The second-order valence-corrected chi connectivity index (χ2v) is 4.68. The Kier molecular flexibility index (Phi) is 12.5. The summed E-state index contributed by atoms with van der Waals surface area (Å²) in [6.07, 6.45) is -0.111. The predicted octanol–water partition coefficient (Wildman–Crippen LogP) is 4.56. The summed E-state index contributed by atoms with van der Waals surface area (Å²) in [5.74, 6) is 0.196. The van der Waals surface area contributed by atoms with Crippen LogP contribution in [0.15, 0.2) is 54.6 Å². The standard InChI is InChI=1S/C16H18N2O3.2C2H6/c17-13(10-12-6-4-5-9-15(12)19)11-21-16(20)18-14-7-2-1-3-8-14;2*1-2/h1-9,13,19H,10-11,17H2,(H,18,20);2*1-2H3. The van der Waals surface area contributed by atoms with Crippen LogP contribution in [-0.4, -0.2) is 23.8 Å². The quantitative estimate of drug-likeness (QED) is 0.741. The molecule has 5 heteroatoms. The number of nitrogens with one attached hydrogen (secondary N) is 1. The fourth-order valence-electron chi connectivity index (χ4n) is 1.88. The lowest BCUT2D eigenvalue weighted by molar-refractivity contribution is 0.154. The van der Waals surface area contributed by atoms with Gasteiger partial charge in [-0.15, -0.1) is 0 Å². The molecule has 138 valence electrons. The van der Waals surface area contributed by atoms with Crippen molar-refractivity contribution in [2.45, 2.75) is 40.2 Å². The molecular formula is C20H30N2O3. The Balaban J connectivity index is 0.00000134. The van der Waals surface area contributed by atoms with Gasteiger partial charge in [0.25, 0.3) is 0 Å². The van der Waals surface area contributed by atoms with Gasteiger partial charge in [-0.1, -0.05) is 64.1 Å². The zero-order chi connectivity index (χ0) is 19.1. The van der Waals surface area contributed by atoms with Crippen LogP contribution in [0.5, 0.6) is 5.75 Å². The fourth-order valence-corrected chi connectivity index (χ4v) is 1.88. The van der Waals surface area contributed by atoms with Crippen LogP contribution in [-0.2, 0) is 11.2 Å². The summed E-state index contributed by atoms with van der Waals surface area (Å²) >= 11 is 0. The number of phenolic OH excluding ortho intramolecular Hbond substituents is 1. The van der Waals surface area contributed by atoms with E-state index in [-0.39, 0.29) is 18.4 Å². The second-order valence-electron chi connectivity index (χ2n) is 4.68. The summed E-state index contributed by atoms with van der Waals surface area (Å²) in [4.78, 5) is 11.6. The number of ether oxygens (including phenoxy) is 1. The molecule has 0 bridgehead atoms. The molecule has 1 amide bonds. The molecule has 0 saturated carbocycles. The molecule has 0 aromatic heterocycles. The number of nitrogens with two attached hydrogens (primary N) is 1. The van der Waals surface area contributed by atoms with Crippen LogP contribution in [0.3, 0.4) is 0 Å². The average Bonchev–Trinajstić information content (AvgIpc) is 2.66. The number of para-hydroxylation sites is 2. The number of hydrogen-bond acceptors (Lipinski definition) is 4. The lowest BCUT2D eigenvalue weighted by Crippen LogP contribution is -2.31. The van der Waals surface area contributed by atoms with Gasteiger partial charge in [-0.05, 0) is 30.2 Å². The molecule has 0 radical (unpaired) electrons. The molecule has 25 heavy (non-hydrogen) atoms. The predicted molar refractivity (Wildman–Crippen MR) is 104 cm³/mol. The Bertz CT molecular complexity index is 589. The summed E-state index contributed by atoms with van der Waals surface area (Å²) in [5.41, 5.74) is 7.30. The maximum absolute atomic E-state index is 11.6. The van der Waals surface area contributed by atoms with Gasteiger partial charge in [0.2, 0.25) is 0 Å². The van der Waals surface area contributed by atoms with Crippen molar-refractivity contribution in [2.75, 3.05) is 11.9 Å². The molecule has 1 atom stereocenters. The fraction of sp³-hybridized carbons (Fsp3) is 0.350. The number of benzene rings is 2. The zero-order valence-electron chi connectivity index (χ0n) is 15.5. The molecule has 1 unspecified atom stereocenters. The zero-order valence-corrected chi connectivity index (χ0v) is 15.5. The van der Waals surface area contributed by atoms with E-state index in [1.165, 1.54) is 0 Å². The number of amides is 1. The number of anilines is 1. The van der Waals surface area contributed by atoms with Crippen LogP contribution >= 0.6 is 0 Å². The molecule has 5 nitrogen and oxygen atoms in total. The number of aromatic hydroxyl groups is 1. The molecule has 0 aliphatic rings. The van der Waals surface area contributed by atoms with Crippen LogP contribution in [0, 0.1) is 0 Å². The second kappa shape index (κ2) is 13.9. The molecule has 0 fully saturated rings. The molecule has 4 N–H and O–H groups in total. The van der Waals surface area contributed by atoms with E-state index in [0.717, 1.165) is 5.56 Å². The summed E-state index contributed by atoms with van der Waals surface area (Å²) < 4.78 is 5.06. The first kappa shape index (κ1) is 22.5. The van der Waals surface area contributed by atoms with Crippen molar-refractivity contribution in [3.8, 4) is 5.75 Å². The SMILES string of the molecule is CC.CC.NC(COC(=O)Nc1ccccc1)Cc1ccccc1O. The molecule has 0 aliphatic carbocycles. The van der Waals surface area contributed by atoms with Crippen molar-refractivity contribution in [3.05, 3.63) is 60.2 Å². The highest BCUT2D eigenvalue weighted by Gasteiger charge is 2.10. The van der Waals surface area contributed by atoms with Crippen LogP contribution in [0.25, 0.3) is 0 Å². The summed E-state index contributed by atoms with van der Waals surface area (Å²) in [6.45, 7) is 8.08.